The predicted molar refractivity (Wildman–Crippen MR) is 130 cm³/mol. The van der Waals surface area contributed by atoms with Crippen LogP contribution >= 0.6 is 0 Å². The Morgan fingerprint density at radius 3 is 1.89 bits per heavy atom. The van der Waals surface area contributed by atoms with Crippen LogP contribution in [0.3, 0.4) is 0 Å². The van der Waals surface area contributed by atoms with Gasteiger partial charge in [-0.2, -0.15) is 0 Å². The molecule has 4 unspecified atom stereocenters. The Kier molecular flexibility index (Phi) is 11.4. The molecule has 9 nitrogen and oxygen atoms in total. The van der Waals surface area contributed by atoms with Gasteiger partial charge < -0.3 is 44.5 Å². The van der Waals surface area contributed by atoms with E-state index in [9.17, 15) is 25.5 Å². The molecule has 9 heteroatoms. The van der Waals surface area contributed by atoms with E-state index < -0.39 is 24.9 Å². The summed E-state index contributed by atoms with van der Waals surface area (Å²) in [5, 5.41) is 50.5. The molecule has 2 rings (SSSR count). The smallest absolute Gasteiger partial charge is 0.200 e. The van der Waals surface area contributed by atoms with Crippen LogP contribution in [0.2, 0.25) is 0 Å². The number of phenolic OH excluding ortho intramolecular Hbond substituents is 2. The zero-order valence-corrected chi connectivity index (χ0v) is 20.8. The molecule has 0 amide bonds. The standard InChI is InChI=1S/C26H38O9/c1-5-18(8-16-6-7-20(29)23(10-16)32-2)22(35-15-28)13-21(30)19(14-27)9-17-11-24(33-3)26(31)25(12-17)34-4/h6-7,10-12,18-19,21-22,27-31H,5,8-9,13-15H2,1-4H3. The summed E-state index contributed by atoms with van der Waals surface area (Å²) in [6.45, 7) is 1.23. The first-order valence-corrected chi connectivity index (χ1v) is 11.6. The van der Waals surface area contributed by atoms with Gasteiger partial charge in [-0.1, -0.05) is 19.4 Å². The van der Waals surface area contributed by atoms with Gasteiger partial charge in [0.15, 0.2) is 23.0 Å². The molecular formula is C26H38O9. The molecule has 0 aliphatic rings. The van der Waals surface area contributed by atoms with Crippen molar-refractivity contribution in [1.29, 1.82) is 0 Å². The quantitative estimate of drug-likeness (QED) is 0.237. The fourth-order valence-electron chi connectivity index (χ4n) is 4.30. The molecule has 196 valence electrons. The Morgan fingerprint density at radius 1 is 0.800 bits per heavy atom. The number of hydrogen-bond acceptors (Lipinski definition) is 9. The Morgan fingerprint density at radius 2 is 1.37 bits per heavy atom. The number of ether oxygens (including phenoxy) is 4. The summed E-state index contributed by atoms with van der Waals surface area (Å²) in [7, 11) is 4.35. The van der Waals surface area contributed by atoms with Crippen LogP contribution in [0.5, 0.6) is 28.7 Å². The zero-order valence-electron chi connectivity index (χ0n) is 20.8. The third kappa shape index (κ3) is 7.63. The molecule has 4 atom stereocenters. The summed E-state index contributed by atoms with van der Waals surface area (Å²) in [6, 6.07) is 8.41. The van der Waals surface area contributed by atoms with Crippen molar-refractivity contribution in [3.8, 4) is 28.7 Å². The van der Waals surface area contributed by atoms with Gasteiger partial charge in [0.05, 0.1) is 33.5 Å². The van der Waals surface area contributed by atoms with Gasteiger partial charge in [-0.05, 0) is 54.2 Å². The van der Waals surface area contributed by atoms with Crippen LogP contribution in [0.25, 0.3) is 0 Å². The number of hydrogen-bond donors (Lipinski definition) is 5. The van der Waals surface area contributed by atoms with Crippen molar-refractivity contribution >= 4 is 0 Å². The van der Waals surface area contributed by atoms with Crippen molar-refractivity contribution in [3.63, 3.8) is 0 Å². The van der Waals surface area contributed by atoms with Crippen LogP contribution in [0.4, 0.5) is 0 Å². The number of phenols is 2. The lowest BCUT2D eigenvalue weighted by Crippen LogP contribution is -2.35. The van der Waals surface area contributed by atoms with E-state index in [1.807, 2.05) is 6.92 Å². The van der Waals surface area contributed by atoms with Crippen LogP contribution in [0.15, 0.2) is 30.3 Å². The van der Waals surface area contributed by atoms with Crippen molar-refractivity contribution in [2.24, 2.45) is 11.8 Å². The molecule has 5 N–H and O–H groups in total. The first-order valence-electron chi connectivity index (χ1n) is 11.6. The third-order valence-electron chi connectivity index (χ3n) is 6.37. The highest BCUT2D eigenvalue weighted by Crippen LogP contribution is 2.38. The number of benzene rings is 2. The molecule has 0 spiro atoms. The van der Waals surface area contributed by atoms with Crippen molar-refractivity contribution in [2.45, 2.75) is 44.8 Å². The van der Waals surface area contributed by atoms with E-state index in [4.69, 9.17) is 18.9 Å². The van der Waals surface area contributed by atoms with E-state index in [-0.39, 0.29) is 41.9 Å². The highest BCUT2D eigenvalue weighted by atomic mass is 16.6. The van der Waals surface area contributed by atoms with Crippen LogP contribution in [0.1, 0.15) is 30.9 Å². The number of aliphatic hydroxyl groups excluding tert-OH is 3. The van der Waals surface area contributed by atoms with Crippen molar-refractivity contribution in [1.82, 2.24) is 0 Å². The molecule has 0 saturated carbocycles. The Bertz CT molecular complexity index is 893. The lowest BCUT2D eigenvalue weighted by molar-refractivity contribution is -0.0963. The minimum atomic E-state index is -0.925. The van der Waals surface area contributed by atoms with E-state index in [1.54, 1.807) is 30.3 Å². The second-order valence-corrected chi connectivity index (χ2v) is 8.51. The molecule has 0 saturated heterocycles. The van der Waals surface area contributed by atoms with Gasteiger partial charge in [-0.3, -0.25) is 0 Å². The fourth-order valence-corrected chi connectivity index (χ4v) is 4.30. The first kappa shape index (κ1) is 28.5. The molecule has 2 aromatic carbocycles. The molecule has 0 aromatic heterocycles. The van der Waals surface area contributed by atoms with Gasteiger partial charge in [0.1, 0.15) is 6.79 Å². The van der Waals surface area contributed by atoms with Crippen LogP contribution < -0.4 is 14.2 Å². The maximum absolute atomic E-state index is 11.0. The fraction of sp³-hybridized carbons (Fsp3) is 0.538. The molecule has 0 aliphatic carbocycles. The summed E-state index contributed by atoms with van der Waals surface area (Å²) in [5.41, 5.74) is 1.65. The highest BCUT2D eigenvalue weighted by molar-refractivity contribution is 5.52. The van der Waals surface area contributed by atoms with E-state index in [2.05, 4.69) is 0 Å². The minimum absolute atomic E-state index is 0.0424. The second kappa shape index (κ2) is 14.0. The van der Waals surface area contributed by atoms with Crippen molar-refractivity contribution in [2.75, 3.05) is 34.7 Å². The average molecular weight is 495 g/mol. The SMILES string of the molecule is CCC(Cc1ccc(O)c(OC)c1)C(CC(O)C(CO)Cc1cc(OC)c(O)c(OC)c1)OCO. The van der Waals surface area contributed by atoms with Crippen molar-refractivity contribution < 1.29 is 44.5 Å². The lowest BCUT2D eigenvalue weighted by atomic mass is 9.84. The highest BCUT2D eigenvalue weighted by Gasteiger charge is 2.29. The van der Waals surface area contributed by atoms with Gasteiger partial charge in [-0.25, -0.2) is 0 Å². The number of methoxy groups -OCH3 is 3. The molecular weight excluding hydrogens is 456 g/mol. The summed E-state index contributed by atoms with van der Waals surface area (Å²) in [4.78, 5) is 0. The number of aliphatic hydroxyl groups is 3. The lowest BCUT2D eigenvalue weighted by Gasteiger charge is -2.30. The van der Waals surface area contributed by atoms with E-state index in [1.165, 1.54) is 21.3 Å². The van der Waals surface area contributed by atoms with Crippen molar-refractivity contribution in [3.05, 3.63) is 41.5 Å². The Balaban J connectivity index is 2.17. The maximum Gasteiger partial charge on any atom is 0.200 e. The zero-order chi connectivity index (χ0) is 26.0. The topological polar surface area (TPSA) is 138 Å². The van der Waals surface area contributed by atoms with E-state index in [0.29, 0.717) is 18.6 Å². The molecule has 0 fully saturated rings. The summed E-state index contributed by atoms with van der Waals surface area (Å²) < 4.78 is 21.2. The minimum Gasteiger partial charge on any atom is -0.504 e. The Labute approximate surface area is 206 Å². The molecule has 0 radical (unpaired) electrons. The van der Waals surface area contributed by atoms with Crippen LogP contribution in [-0.4, -0.2) is 72.5 Å². The van der Waals surface area contributed by atoms with Crippen LogP contribution in [-0.2, 0) is 17.6 Å². The summed E-state index contributed by atoms with van der Waals surface area (Å²) >= 11 is 0. The monoisotopic (exact) mass is 494 g/mol. The van der Waals surface area contributed by atoms with Crippen LogP contribution in [0, 0.1) is 11.8 Å². The number of rotatable bonds is 15. The van der Waals surface area contributed by atoms with E-state index in [0.717, 1.165) is 17.5 Å². The summed E-state index contributed by atoms with van der Waals surface area (Å²) in [5.74, 6) is 0.218. The van der Waals surface area contributed by atoms with Gasteiger partial charge in [0.2, 0.25) is 5.75 Å². The van der Waals surface area contributed by atoms with Gasteiger partial charge in [-0.15, -0.1) is 0 Å². The van der Waals surface area contributed by atoms with E-state index >= 15 is 0 Å². The number of aromatic hydroxyl groups is 2. The average Bonchev–Trinajstić information content (AvgIpc) is 2.86. The molecule has 0 heterocycles. The molecule has 0 bridgehead atoms. The third-order valence-corrected chi connectivity index (χ3v) is 6.37. The predicted octanol–water partition coefficient (Wildman–Crippen LogP) is 2.63. The second-order valence-electron chi connectivity index (χ2n) is 8.51. The van der Waals surface area contributed by atoms with Gasteiger partial charge in [0.25, 0.3) is 0 Å². The maximum atomic E-state index is 11.0. The molecule has 2 aromatic rings. The normalized spacial score (nSPS) is 14.7. The largest absolute Gasteiger partial charge is 0.504 e. The van der Waals surface area contributed by atoms with Gasteiger partial charge in [0, 0.05) is 18.9 Å². The molecule has 35 heavy (non-hydrogen) atoms. The Hall–Kier alpha value is -2.72. The molecule has 0 aliphatic heterocycles. The first-order chi connectivity index (χ1) is 16.8. The summed E-state index contributed by atoms with van der Waals surface area (Å²) in [6.07, 6.45) is 0.412. The van der Waals surface area contributed by atoms with Gasteiger partial charge >= 0.3 is 0 Å².